The molecule has 0 saturated carbocycles. The summed E-state index contributed by atoms with van der Waals surface area (Å²) in [6.45, 7) is 0. The minimum Gasteiger partial charge on any atom is -0.338 e. The molecule has 2 heterocycles. The summed E-state index contributed by atoms with van der Waals surface area (Å²) >= 11 is 0. The first-order valence-electron chi connectivity index (χ1n) is 7.02. The van der Waals surface area contributed by atoms with Crippen molar-refractivity contribution in [2.24, 2.45) is 0 Å². The van der Waals surface area contributed by atoms with Gasteiger partial charge in [-0.1, -0.05) is 12.1 Å². The highest BCUT2D eigenvalue weighted by atomic mass is 16.2. The van der Waals surface area contributed by atoms with Crippen molar-refractivity contribution >= 4 is 22.6 Å². The van der Waals surface area contributed by atoms with E-state index in [1.165, 1.54) is 6.20 Å². The molecule has 1 amide bonds. The van der Waals surface area contributed by atoms with Gasteiger partial charge in [-0.05, 0) is 36.4 Å². The zero-order valence-electron chi connectivity index (χ0n) is 11.9. The molecular weight excluding hydrogens is 292 g/mol. The number of para-hydroxylation sites is 2. The number of aromatic nitrogens is 5. The van der Waals surface area contributed by atoms with Crippen LogP contribution in [-0.4, -0.2) is 31.3 Å². The summed E-state index contributed by atoms with van der Waals surface area (Å²) in [5.74, 6) is 0.482. The Balaban J connectivity index is 1.57. The molecule has 4 aromatic rings. The highest BCUT2D eigenvalue weighted by Gasteiger charge is 2.09. The number of hydrogen-bond acceptors (Lipinski definition) is 4. The largest absolute Gasteiger partial charge is 0.338 e. The Morgan fingerprint density at radius 3 is 2.61 bits per heavy atom. The summed E-state index contributed by atoms with van der Waals surface area (Å²) < 4.78 is 0. The summed E-state index contributed by atoms with van der Waals surface area (Å²) in [5, 5.41) is 12.5. The van der Waals surface area contributed by atoms with Crippen LogP contribution in [0, 0.1) is 0 Å². The maximum atomic E-state index is 11.9. The van der Waals surface area contributed by atoms with Gasteiger partial charge in [0.05, 0.1) is 17.2 Å². The van der Waals surface area contributed by atoms with Gasteiger partial charge < -0.3 is 10.3 Å². The first kappa shape index (κ1) is 13.2. The van der Waals surface area contributed by atoms with Gasteiger partial charge >= 0.3 is 0 Å². The Labute approximate surface area is 130 Å². The zero-order valence-corrected chi connectivity index (χ0v) is 11.9. The normalized spacial score (nSPS) is 10.8. The molecule has 0 aliphatic rings. The third kappa shape index (κ3) is 2.55. The number of rotatable bonds is 3. The summed E-state index contributed by atoms with van der Waals surface area (Å²) in [7, 11) is 0. The summed E-state index contributed by atoms with van der Waals surface area (Å²) in [6.07, 6.45) is 1.37. The van der Waals surface area contributed by atoms with Crippen LogP contribution in [0.15, 0.2) is 54.7 Å². The lowest BCUT2D eigenvalue weighted by atomic mass is 10.2. The maximum absolute atomic E-state index is 11.9. The Morgan fingerprint density at radius 2 is 1.87 bits per heavy atom. The van der Waals surface area contributed by atoms with Crippen LogP contribution in [0.5, 0.6) is 0 Å². The highest BCUT2D eigenvalue weighted by Crippen LogP contribution is 2.22. The molecule has 23 heavy (non-hydrogen) atoms. The lowest BCUT2D eigenvalue weighted by Crippen LogP contribution is -2.12. The average Bonchev–Trinajstić information content (AvgIpc) is 3.25. The van der Waals surface area contributed by atoms with Crippen molar-refractivity contribution in [3.63, 3.8) is 0 Å². The molecule has 0 fully saturated rings. The quantitative estimate of drug-likeness (QED) is 0.541. The van der Waals surface area contributed by atoms with Crippen molar-refractivity contribution in [2.45, 2.75) is 0 Å². The number of aromatic amines is 2. The van der Waals surface area contributed by atoms with Crippen LogP contribution in [0.3, 0.4) is 0 Å². The molecule has 0 bridgehead atoms. The van der Waals surface area contributed by atoms with Gasteiger partial charge in [0.15, 0.2) is 5.69 Å². The molecular formula is C16H12N6O. The van der Waals surface area contributed by atoms with E-state index in [0.29, 0.717) is 5.69 Å². The molecule has 4 rings (SSSR count). The number of anilines is 1. The van der Waals surface area contributed by atoms with Gasteiger partial charge in [0.25, 0.3) is 5.91 Å². The molecule has 2 aromatic heterocycles. The lowest BCUT2D eigenvalue weighted by molar-refractivity contribution is 0.102. The summed E-state index contributed by atoms with van der Waals surface area (Å²) in [5.41, 5.74) is 3.78. The SMILES string of the molecule is O=C(Nc1ccc(-c2nc3ccccc3[nH]2)cc1)c1cn[nH]n1. The minimum absolute atomic E-state index is 0.242. The number of fused-ring (bicyclic) bond motifs is 1. The molecule has 0 aliphatic heterocycles. The molecule has 7 heteroatoms. The molecule has 0 spiro atoms. The number of amides is 1. The van der Waals surface area contributed by atoms with Crippen LogP contribution in [-0.2, 0) is 0 Å². The summed E-state index contributed by atoms with van der Waals surface area (Å²) in [6, 6.07) is 15.3. The average molecular weight is 304 g/mol. The minimum atomic E-state index is -0.310. The highest BCUT2D eigenvalue weighted by molar-refractivity contribution is 6.02. The smallest absolute Gasteiger partial charge is 0.277 e. The van der Waals surface area contributed by atoms with E-state index in [4.69, 9.17) is 0 Å². The van der Waals surface area contributed by atoms with Crippen LogP contribution in [0.2, 0.25) is 0 Å². The van der Waals surface area contributed by atoms with Gasteiger partial charge in [0, 0.05) is 11.3 Å². The fraction of sp³-hybridized carbons (Fsp3) is 0. The van der Waals surface area contributed by atoms with Crippen molar-refractivity contribution in [3.05, 3.63) is 60.4 Å². The van der Waals surface area contributed by atoms with E-state index in [1.54, 1.807) is 0 Å². The maximum Gasteiger partial charge on any atom is 0.277 e. The number of benzene rings is 2. The Hall–Kier alpha value is -3.48. The molecule has 0 aliphatic carbocycles. The fourth-order valence-corrected chi connectivity index (χ4v) is 2.31. The third-order valence-electron chi connectivity index (χ3n) is 3.45. The van der Waals surface area contributed by atoms with E-state index >= 15 is 0 Å². The monoisotopic (exact) mass is 304 g/mol. The predicted octanol–water partition coefficient (Wildman–Crippen LogP) is 2.60. The van der Waals surface area contributed by atoms with Crippen LogP contribution < -0.4 is 5.32 Å². The lowest BCUT2D eigenvalue weighted by Gasteiger charge is -2.03. The van der Waals surface area contributed by atoms with E-state index in [-0.39, 0.29) is 11.6 Å². The molecule has 112 valence electrons. The van der Waals surface area contributed by atoms with Gasteiger partial charge in [-0.3, -0.25) is 4.79 Å². The standard InChI is InChI=1S/C16H12N6O/c23-16(14-9-17-22-21-14)18-11-7-5-10(6-8-11)15-19-12-3-1-2-4-13(12)20-15/h1-9H,(H,18,23)(H,19,20)(H,17,21,22). The van der Waals surface area contributed by atoms with E-state index in [2.05, 4.69) is 30.7 Å². The van der Waals surface area contributed by atoms with E-state index in [9.17, 15) is 4.79 Å². The molecule has 2 aromatic carbocycles. The van der Waals surface area contributed by atoms with E-state index in [1.807, 2.05) is 48.5 Å². The first-order chi connectivity index (χ1) is 11.3. The van der Waals surface area contributed by atoms with Crippen molar-refractivity contribution in [2.75, 3.05) is 5.32 Å². The van der Waals surface area contributed by atoms with Crippen molar-refractivity contribution in [3.8, 4) is 11.4 Å². The van der Waals surface area contributed by atoms with Crippen LogP contribution in [0.4, 0.5) is 5.69 Å². The number of imidazole rings is 1. The second-order valence-corrected chi connectivity index (χ2v) is 4.99. The van der Waals surface area contributed by atoms with Gasteiger partial charge in [-0.15, -0.1) is 0 Å². The molecule has 3 N–H and O–H groups in total. The van der Waals surface area contributed by atoms with E-state index in [0.717, 1.165) is 22.4 Å². The van der Waals surface area contributed by atoms with Gasteiger partial charge in [-0.2, -0.15) is 15.4 Å². The predicted molar refractivity (Wildman–Crippen MR) is 85.9 cm³/mol. The third-order valence-corrected chi connectivity index (χ3v) is 3.45. The Kier molecular flexibility index (Phi) is 3.09. The molecule has 7 nitrogen and oxygen atoms in total. The van der Waals surface area contributed by atoms with Crippen LogP contribution in [0.25, 0.3) is 22.4 Å². The van der Waals surface area contributed by atoms with Crippen LogP contribution >= 0.6 is 0 Å². The number of hydrogen-bond donors (Lipinski definition) is 3. The second kappa shape index (κ2) is 5.38. The number of nitrogens with one attached hydrogen (secondary N) is 3. The van der Waals surface area contributed by atoms with Crippen molar-refractivity contribution in [1.29, 1.82) is 0 Å². The number of H-pyrrole nitrogens is 2. The second-order valence-electron chi connectivity index (χ2n) is 4.99. The first-order valence-corrected chi connectivity index (χ1v) is 7.02. The van der Waals surface area contributed by atoms with Crippen LogP contribution in [0.1, 0.15) is 10.5 Å². The van der Waals surface area contributed by atoms with Crippen molar-refractivity contribution < 1.29 is 4.79 Å². The summed E-state index contributed by atoms with van der Waals surface area (Å²) in [4.78, 5) is 19.7. The number of nitrogens with zero attached hydrogens (tertiary/aromatic N) is 3. The fourth-order valence-electron chi connectivity index (χ4n) is 2.31. The molecule has 0 atom stereocenters. The molecule has 0 saturated heterocycles. The topological polar surface area (TPSA) is 99.4 Å². The molecule has 0 unspecified atom stereocenters. The van der Waals surface area contributed by atoms with Gasteiger partial charge in [0.1, 0.15) is 5.82 Å². The number of carbonyl (C=O) groups excluding carboxylic acids is 1. The number of carbonyl (C=O) groups is 1. The Morgan fingerprint density at radius 1 is 1.04 bits per heavy atom. The van der Waals surface area contributed by atoms with Gasteiger partial charge in [-0.25, -0.2) is 4.98 Å². The molecule has 0 radical (unpaired) electrons. The Bertz CT molecular complexity index is 923. The van der Waals surface area contributed by atoms with E-state index < -0.39 is 0 Å². The van der Waals surface area contributed by atoms with Crippen molar-refractivity contribution in [1.82, 2.24) is 25.4 Å². The zero-order chi connectivity index (χ0) is 15.6. The van der Waals surface area contributed by atoms with Gasteiger partial charge in [0.2, 0.25) is 0 Å².